The number of rotatable bonds is 6. The van der Waals surface area contributed by atoms with E-state index < -0.39 is 15.9 Å². The minimum absolute atomic E-state index is 0.0580. The maximum atomic E-state index is 13.0. The lowest BCUT2D eigenvalue weighted by Crippen LogP contribution is -2.16. The highest BCUT2D eigenvalue weighted by Crippen LogP contribution is 2.30. The fraction of sp³-hybridized carbons (Fsp3) is 0. The van der Waals surface area contributed by atoms with E-state index in [9.17, 15) is 13.2 Å². The van der Waals surface area contributed by atoms with Crippen LogP contribution < -0.4 is 10.0 Å². The number of carbonyl (C=O) groups is 1. The molecule has 4 aromatic carbocycles. The van der Waals surface area contributed by atoms with Crippen molar-refractivity contribution in [3.05, 3.63) is 106 Å². The van der Waals surface area contributed by atoms with Crippen molar-refractivity contribution in [2.75, 3.05) is 10.0 Å². The number of hydrogen-bond acceptors (Lipinski definition) is 4. The van der Waals surface area contributed by atoms with Gasteiger partial charge in [-0.3, -0.25) is 9.52 Å². The Morgan fingerprint density at radius 1 is 0.838 bits per heavy atom. The molecule has 0 saturated carbocycles. The van der Waals surface area contributed by atoms with Gasteiger partial charge in [0.15, 0.2) is 0 Å². The van der Waals surface area contributed by atoms with Crippen molar-refractivity contribution >= 4 is 73.1 Å². The summed E-state index contributed by atoms with van der Waals surface area (Å²) >= 11 is 18.2. The average molecular weight is 572 g/mol. The number of halogens is 3. The third-order valence-electron chi connectivity index (χ3n) is 5.46. The zero-order chi connectivity index (χ0) is 26.2. The molecule has 0 aliphatic carbocycles. The van der Waals surface area contributed by atoms with Gasteiger partial charge in [0.1, 0.15) is 10.7 Å². The molecular formula is C26H17Cl3N4O3S. The SMILES string of the molecule is O=C(Nc1ccc(-c2nc3ccccc3[nH]2)cc1)c1ccc(Cl)c(S(=O)(=O)Nc2cc(Cl)ccc2Cl)c1. The van der Waals surface area contributed by atoms with Crippen LogP contribution in [0.3, 0.4) is 0 Å². The van der Waals surface area contributed by atoms with E-state index in [0.717, 1.165) is 16.6 Å². The first kappa shape index (κ1) is 25.1. The molecule has 0 spiro atoms. The zero-order valence-corrected chi connectivity index (χ0v) is 21.9. The molecule has 0 bridgehead atoms. The molecule has 5 aromatic rings. The molecule has 0 saturated heterocycles. The van der Waals surface area contributed by atoms with Crippen molar-refractivity contribution in [3.63, 3.8) is 0 Å². The van der Waals surface area contributed by atoms with Crippen LogP contribution in [0.25, 0.3) is 22.4 Å². The Kier molecular flexibility index (Phi) is 6.83. The number of carbonyl (C=O) groups excluding carboxylic acids is 1. The Morgan fingerprint density at radius 3 is 2.32 bits per heavy atom. The highest BCUT2D eigenvalue weighted by Gasteiger charge is 2.22. The van der Waals surface area contributed by atoms with Gasteiger partial charge in [-0.05, 0) is 72.8 Å². The molecule has 1 amide bonds. The molecule has 7 nitrogen and oxygen atoms in total. The second kappa shape index (κ2) is 10.1. The first-order chi connectivity index (χ1) is 17.7. The van der Waals surface area contributed by atoms with Gasteiger partial charge in [-0.2, -0.15) is 0 Å². The van der Waals surface area contributed by atoms with Gasteiger partial charge in [0.25, 0.3) is 15.9 Å². The van der Waals surface area contributed by atoms with Crippen molar-refractivity contribution in [1.82, 2.24) is 9.97 Å². The third-order valence-corrected chi connectivity index (χ3v) is 7.87. The second-order valence-corrected chi connectivity index (χ2v) is 10.9. The number of sulfonamides is 1. The topological polar surface area (TPSA) is 104 Å². The molecule has 3 N–H and O–H groups in total. The standard InChI is InChI=1S/C26H17Cl3N4O3S/c27-17-8-12-19(28)23(14-17)33-37(35,36)24-13-16(7-11-20(24)29)26(34)30-18-9-5-15(6-10-18)25-31-21-3-1-2-4-22(21)32-25/h1-14,33H,(H,30,34)(H,31,32). The largest absolute Gasteiger partial charge is 0.338 e. The fourth-order valence-corrected chi connectivity index (χ4v) is 5.62. The number of anilines is 2. The van der Waals surface area contributed by atoms with Gasteiger partial charge < -0.3 is 10.3 Å². The number of aromatic amines is 1. The summed E-state index contributed by atoms with van der Waals surface area (Å²) in [6.45, 7) is 0. The van der Waals surface area contributed by atoms with Crippen molar-refractivity contribution in [3.8, 4) is 11.4 Å². The lowest BCUT2D eigenvalue weighted by molar-refractivity contribution is 0.102. The van der Waals surface area contributed by atoms with Crippen LogP contribution in [-0.2, 0) is 10.0 Å². The number of nitrogens with one attached hydrogen (secondary N) is 3. The summed E-state index contributed by atoms with van der Waals surface area (Å²) in [4.78, 5) is 20.5. The Balaban J connectivity index is 1.35. The van der Waals surface area contributed by atoms with Gasteiger partial charge >= 0.3 is 0 Å². The van der Waals surface area contributed by atoms with Crippen LogP contribution in [0.1, 0.15) is 10.4 Å². The molecule has 0 radical (unpaired) electrons. The van der Waals surface area contributed by atoms with E-state index >= 15 is 0 Å². The molecule has 0 fully saturated rings. The van der Waals surface area contributed by atoms with E-state index in [0.29, 0.717) is 16.5 Å². The molecule has 0 atom stereocenters. The van der Waals surface area contributed by atoms with Crippen molar-refractivity contribution < 1.29 is 13.2 Å². The number of imidazole rings is 1. The fourth-order valence-electron chi connectivity index (χ4n) is 3.63. The first-order valence-corrected chi connectivity index (χ1v) is 13.5. The number of fused-ring (bicyclic) bond motifs is 1. The molecule has 1 aromatic heterocycles. The smallest absolute Gasteiger partial charge is 0.263 e. The molecule has 1 heterocycles. The summed E-state index contributed by atoms with van der Waals surface area (Å²) in [5.74, 6) is 0.198. The molecular weight excluding hydrogens is 555 g/mol. The number of aromatic nitrogens is 2. The lowest BCUT2D eigenvalue weighted by Gasteiger charge is -2.13. The maximum Gasteiger partial charge on any atom is 0.263 e. The number of H-pyrrole nitrogens is 1. The minimum Gasteiger partial charge on any atom is -0.338 e. The van der Waals surface area contributed by atoms with Crippen LogP contribution >= 0.6 is 34.8 Å². The van der Waals surface area contributed by atoms with Crippen LogP contribution in [0.15, 0.2) is 89.8 Å². The van der Waals surface area contributed by atoms with Crippen LogP contribution in [0.2, 0.25) is 15.1 Å². The second-order valence-electron chi connectivity index (χ2n) is 8.01. The number of amides is 1. The van der Waals surface area contributed by atoms with Crippen LogP contribution in [0.4, 0.5) is 11.4 Å². The van der Waals surface area contributed by atoms with E-state index in [1.54, 1.807) is 12.1 Å². The summed E-state index contributed by atoms with van der Waals surface area (Å²) in [5, 5.41) is 3.16. The van der Waals surface area contributed by atoms with Crippen molar-refractivity contribution in [2.24, 2.45) is 0 Å². The molecule has 186 valence electrons. The number of benzene rings is 4. The number of para-hydroxylation sites is 2. The van der Waals surface area contributed by atoms with Gasteiger partial charge in [0, 0.05) is 21.8 Å². The normalized spacial score (nSPS) is 11.4. The number of nitrogens with zero attached hydrogens (tertiary/aromatic N) is 1. The van der Waals surface area contributed by atoms with E-state index in [1.807, 2.05) is 36.4 Å². The monoisotopic (exact) mass is 570 g/mol. The molecule has 37 heavy (non-hydrogen) atoms. The van der Waals surface area contributed by atoms with Gasteiger partial charge in [-0.15, -0.1) is 0 Å². The highest BCUT2D eigenvalue weighted by atomic mass is 35.5. The maximum absolute atomic E-state index is 13.0. The van der Waals surface area contributed by atoms with Gasteiger partial charge in [-0.25, -0.2) is 13.4 Å². The molecule has 11 heteroatoms. The summed E-state index contributed by atoms with van der Waals surface area (Å²) in [7, 11) is -4.18. The van der Waals surface area contributed by atoms with E-state index in [2.05, 4.69) is 20.0 Å². The Labute approximate surface area is 227 Å². The van der Waals surface area contributed by atoms with E-state index in [1.165, 1.54) is 36.4 Å². The van der Waals surface area contributed by atoms with E-state index in [4.69, 9.17) is 34.8 Å². The summed E-state index contributed by atoms with van der Waals surface area (Å²) < 4.78 is 28.4. The number of hydrogen-bond donors (Lipinski definition) is 3. The highest BCUT2D eigenvalue weighted by molar-refractivity contribution is 7.92. The van der Waals surface area contributed by atoms with Crippen LogP contribution in [0.5, 0.6) is 0 Å². The Bertz CT molecular complexity index is 1720. The summed E-state index contributed by atoms with van der Waals surface area (Å²) in [6.07, 6.45) is 0. The van der Waals surface area contributed by atoms with Crippen LogP contribution in [0, 0.1) is 0 Å². The quantitative estimate of drug-likeness (QED) is 0.200. The van der Waals surface area contributed by atoms with Crippen molar-refractivity contribution in [1.29, 1.82) is 0 Å². The predicted octanol–water partition coefficient (Wildman–Crippen LogP) is 7.24. The molecule has 0 aliphatic heterocycles. The lowest BCUT2D eigenvalue weighted by atomic mass is 10.1. The van der Waals surface area contributed by atoms with Gasteiger partial charge in [-0.1, -0.05) is 46.9 Å². The van der Waals surface area contributed by atoms with Crippen molar-refractivity contribution in [2.45, 2.75) is 4.90 Å². The van der Waals surface area contributed by atoms with E-state index in [-0.39, 0.29) is 26.2 Å². The van der Waals surface area contributed by atoms with Gasteiger partial charge in [0.05, 0.1) is 26.8 Å². The summed E-state index contributed by atoms with van der Waals surface area (Å²) in [6, 6.07) is 23.2. The summed E-state index contributed by atoms with van der Waals surface area (Å²) in [5.41, 5.74) is 3.34. The zero-order valence-electron chi connectivity index (χ0n) is 18.8. The first-order valence-electron chi connectivity index (χ1n) is 10.8. The average Bonchev–Trinajstić information content (AvgIpc) is 3.31. The van der Waals surface area contributed by atoms with Crippen LogP contribution in [-0.4, -0.2) is 24.3 Å². The molecule has 5 rings (SSSR count). The minimum atomic E-state index is -4.18. The van der Waals surface area contributed by atoms with Gasteiger partial charge in [0.2, 0.25) is 0 Å². The Morgan fingerprint density at radius 2 is 1.57 bits per heavy atom. The predicted molar refractivity (Wildman–Crippen MR) is 148 cm³/mol. The Hall–Kier alpha value is -3.56. The molecule has 0 unspecified atom stereocenters. The molecule has 0 aliphatic rings. The third kappa shape index (κ3) is 5.42.